The molecule has 0 unspecified atom stereocenters. The molecule has 0 amide bonds. The smallest absolute Gasteiger partial charge is 0.150 e. The van der Waals surface area contributed by atoms with E-state index in [0.717, 1.165) is 18.9 Å². The molecule has 0 aliphatic heterocycles. The highest BCUT2D eigenvalue weighted by molar-refractivity contribution is 6.37. The first-order chi connectivity index (χ1) is 8.99. The molecule has 0 aliphatic carbocycles. The van der Waals surface area contributed by atoms with Gasteiger partial charge in [-0.15, -0.1) is 0 Å². The van der Waals surface area contributed by atoms with Gasteiger partial charge in [0.1, 0.15) is 11.6 Å². The second-order valence-electron chi connectivity index (χ2n) is 4.71. The van der Waals surface area contributed by atoms with Crippen LogP contribution in [0.2, 0.25) is 10.0 Å². The van der Waals surface area contributed by atoms with Gasteiger partial charge in [-0.25, -0.2) is 4.98 Å². The number of rotatable bonds is 7. The van der Waals surface area contributed by atoms with Crippen LogP contribution in [-0.2, 0) is 4.74 Å². The average molecular weight is 306 g/mol. The Morgan fingerprint density at radius 2 is 2.05 bits per heavy atom. The Bertz CT molecular complexity index is 413. The van der Waals surface area contributed by atoms with Gasteiger partial charge in [-0.2, -0.15) is 0 Å². The SMILES string of the molecule is CNc1nc(N(CCOC)CC(C)C)c(Cl)cc1Cl. The van der Waals surface area contributed by atoms with Crippen molar-refractivity contribution in [3.63, 3.8) is 0 Å². The van der Waals surface area contributed by atoms with Gasteiger partial charge < -0.3 is 15.0 Å². The summed E-state index contributed by atoms with van der Waals surface area (Å²) >= 11 is 12.3. The summed E-state index contributed by atoms with van der Waals surface area (Å²) in [4.78, 5) is 6.61. The van der Waals surface area contributed by atoms with Gasteiger partial charge >= 0.3 is 0 Å². The summed E-state index contributed by atoms with van der Waals surface area (Å²) in [6.45, 7) is 6.54. The maximum Gasteiger partial charge on any atom is 0.150 e. The number of methoxy groups -OCH3 is 1. The Balaban J connectivity index is 3.05. The molecule has 0 saturated carbocycles. The molecule has 19 heavy (non-hydrogen) atoms. The van der Waals surface area contributed by atoms with E-state index in [1.165, 1.54) is 0 Å². The topological polar surface area (TPSA) is 37.4 Å². The van der Waals surface area contributed by atoms with Crippen LogP contribution in [0.15, 0.2) is 6.07 Å². The van der Waals surface area contributed by atoms with E-state index in [9.17, 15) is 0 Å². The van der Waals surface area contributed by atoms with Gasteiger partial charge in [0.2, 0.25) is 0 Å². The fourth-order valence-electron chi connectivity index (χ4n) is 1.78. The Morgan fingerprint density at radius 3 is 2.58 bits per heavy atom. The molecule has 0 bridgehead atoms. The molecule has 0 atom stereocenters. The lowest BCUT2D eigenvalue weighted by molar-refractivity contribution is 0.204. The van der Waals surface area contributed by atoms with Gasteiger partial charge in [0.25, 0.3) is 0 Å². The van der Waals surface area contributed by atoms with Gasteiger partial charge in [-0.05, 0) is 12.0 Å². The lowest BCUT2D eigenvalue weighted by atomic mass is 10.2. The second kappa shape index (κ2) is 7.78. The van der Waals surface area contributed by atoms with Crippen molar-refractivity contribution < 1.29 is 4.74 Å². The lowest BCUT2D eigenvalue weighted by Gasteiger charge is -2.26. The van der Waals surface area contributed by atoms with E-state index in [1.54, 1.807) is 20.2 Å². The summed E-state index contributed by atoms with van der Waals surface area (Å²) in [5.74, 6) is 1.87. The zero-order chi connectivity index (χ0) is 14.4. The van der Waals surface area contributed by atoms with E-state index in [4.69, 9.17) is 27.9 Å². The summed E-state index contributed by atoms with van der Waals surface area (Å²) in [5.41, 5.74) is 0. The van der Waals surface area contributed by atoms with E-state index in [-0.39, 0.29) is 0 Å². The van der Waals surface area contributed by atoms with Crippen LogP contribution >= 0.6 is 23.2 Å². The summed E-state index contributed by atoms with van der Waals surface area (Å²) < 4.78 is 5.14. The number of halogens is 2. The quantitative estimate of drug-likeness (QED) is 0.836. The van der Waals surface area contributed by atoms with Crippen LogP contribution in [0.25, 0.3) is 0 Å². The first-order valence-corrected chi connectivity index (χ1v) is 7.02. The third kappa shape index (κ3) is 4.71. The Labute approximate surface area is 125 Å². The number of hydrogen-bond donors (Lipinski definition) is 1. The van der Waals surface area contributed by atoms with Crippen LogP contribution < -0.4 is 10.2 Å². The van der Waals surface area contributed by atoms with Gasteiger partial charge in [-0.1, -0.05) is 37.0 Å². The van der Waals surface area contributed by atoms with E-state index in [2.05, 4.69) is 29.0 Å². The van der Waals surface area contributed by atoms with Crippen molar-refractivity contribution in [1.82, 2.24) is 4.98 Å². The maximum absolute atomic E-state index is 6.26. The minimum atomic E-state index is 0.503. The van der Waals surface area contributed by atoms with Crippen LogP contribution in [0, 0.1) is 5.92 Å². The number of pyridine rings is 1. The van der Waals surface area contributed by atoms with Crippen molar-refractivity contribution in [3.05, 3.63) is 16.1 Å². The Hall–Kier alpha value is -0.710. The molecule has 0 aromatic carbocycles. The largest absolute Gasteiger partial charge is 0.383 e. The minimum absolute atomic E-state index is 0.503. The predicted molar refractivity (Wildman–Crippen MR) is 82.7 cm³/mol. The van der Waals surface area contributed by atoms with Crippen LogP contribution in [0.5, 0.6) is 0 Å². The van der Waals surface area contributed by atoms with Crippen molar-refractivity contribution in [2.45, 2.75) is 13.8 Å². The fraction of sp³-hybridized carbons (Fsp3) is 0.615. The fourth-order valence-corrected chi connectivity index (χ4v) is 2.35. The van der Waals surface area contributed by atoms with Crippen LogP contribution in [-0.4, -0.2) is 38.8 Å². The number of nitrogens with zero attached hydrogens (tertiary/aromatic N) is 2. The van der Waals surface area contributed by atoms with Crippen molar-refractivity contribution in [3.8, 4) is 0 Å². The molecule has 0 radical (unpaired) electrons. The highest BCUT2D eigenvalue weighted by Gasteiger charge is 2.16. The normalized spacial score (nSPS) is 10.9. The third-order valence-corrected chi connectivity index (χ3v) is 3.16. The van der Waals surface area contributed by atoms with Crippen LogP contribution in [0.1, 0.15) is 13.8 Å². The molecule has 1 rings (SSSR count). The van der Waals surface area contributed by atoms with Crippen molar-refractivity contribution in [2.75, 3.05) is 44.1 Å². The van der Waals surface area contributed by atoms with Crippen molar-refractivity contribution in [1.29, 1.82) is 0 Å². The molecule has 1 aromatic rings. The molecule has 4 nitrogen and oxygen atoms in total. The van der Waals surface area contributed by atoms with Crippen molar-refractivity contribution >= 4 is 34.8 Å². The Kier molecular flexibility index (Phi) is 6.69. The number of anilines is 2. The number of aromatic nitrogens is 1. The average Bonchev–Trinajstić information content (AvgIpc) is 2.34. The lowest BCUT2D eigenvalue weighted by Crippen LogP contribution is -2.32. The molecule has 1 heterocycles. The van der Waals surface area contributed by atoms with Crippen LogP contribution in [0.4, 0.5) is 11.6 Å². The summed E-state index contributed by atoms with van der Waals surface area (Å²) in [7, 11) is 3.47. The zero-order valence-corrected chi connectivity index (χ0v) is 13.3. The molecule has 1 aromatic heterocycles. The van der Waals surface area contributed by atoms with Crippen molar-refractivity contribution in [2.24, 2.45) is 5.92 Å². The predicted octanol–water partition coefficient (Wildman–Crippen LogP) is 3.54. The first-order valence-electron chi connectivity index (χ1n) is 6.27. The number of nitrogens with one attached hydrogen (secondary N) is 1. The number of hydrogen-bond acceptors (Lipinski definition) is 4. The van der Waals surface area contributed by atoms with E-state index in [1.807, 2.05) is 0 Å². The standard InChI is InChI=1S/C13H21Cl2N3O/c1-9(2)8-18(5-6-19-4)13-11(15)7-10(14)12(16-3)17-13/h7,9H,5-6,8H2,1-4H3,(H,16,17). The van der Waals surface area contributed by atoms with Crippen LogP contribution in [0.3, 0.4) is 0 Å². The first kappa shape index (κ1) is 16.3. The highest BCUT2D eigenvalue weighted by atomic mass is 35.5. The van der Waals surface area contributed by atoms with Gasteiger partial charge in [0, 0.05) is 27.2 Å². The molecule has 1 N–H and O–H groups in total. The molecule has 0 saturated heterocycles. The van der Waals surface area contributed by atoms with E-state index in [0.29, 0.717) is 28.4 Å². The molecule has 0 fully saturated rings. The van der Waals surface area contributed by atoms with Gasteiger partial charge in [-0.3, -0.25) is 0 Å². The molecular formula is C13H21Cl2N3O. The molecule has 0 aliphatic rings. The second-order valence-corrected chi connectivity index (χ2v) is 5.52. The van der Waals surface area contributed by atoms with Gasteiger partial charge in [0.15, 0.2) is 0 Å². The molecule has 0 spiro atoms. The van der Waals surface area contributed by atoms with E-state index < -0.39 is 0 Å². The maximum atomic E-state index is 6.26. The molecule has 108 valence electrons. The summed E-state index contributed by atoms with van der Waals surface area (Å²) in [6.07, 6.45) is 0. The molecule has 6 heteroatoms. The molecular weight excluding hydrogens is 285 g/mol. The third-order valence-electron chi connectivity index (χ3n) is 2.60. The zero-order valence-electron chi connectivity index (χ0n) is 11.8. The highest BCUT2D eigenvalue weighted by Crippen LogP contribution is 2.31. The minimum Gasteiger partial charge on any atom is -0.383 e. The Morgan fingerprint density at radius 1 is 1.37 bits per heavy atom. The summed E-state index contributed by atoms with van der Waals surface area (Å²) in [6, 6.07) is 1.72. The summed E-state index contributed by atoms with van der Waals surface area (Å²) in [5, 5.41) is 4.04. The number of ether oxygens (including phenoxy) is 1. The monoisotopic (exact) mass is 305 g/mol. The van der Waals surface area contributed by atoms with E-state index >= 15 is 0 Å². The van der Waals surface area contributed by atoms with Gasteiger partial charge in [0.05, 0.1) is 16.7 Å².